The van der Waals surface area contributed by atoms with Crippen LogP contribution in [-0.4, -0.2) is 17.6 Å². The Labute approximate surface area is 118 Å². The molecule has 1 fully saturated rings. The minimum atomic E-state index is 0.596. The predicted octanol–water partition coefficient (Wildman–Crippen LogP) is 3.88. The molecule has 2 rings (SSSR count). The van der Waals surface area contributed by atoms with Crippen molar-refractivity contribution in [3.8, 4) is 0 Å². The molecule has 1 N–H and O–H groups in total. The average Bonchev–Trinajstić information content (AvgIpc) is 2.92. The van der Waals surface area contributed by atoms with Crippen molar-refractivity contribution in [1.82, 2.24) is 10.3 Å². The maximum atomic E-state index is 4.54. The largest absolute Gasteiger partial charge is 0.314 e. The summed E-state index contributed by atoms with van der Waals surface area (Å²) in [7, 11) is 0. The maximum Gasteiger partial charge on any atom is 0.0448 e. The molecule has 1 aliphatic carbocycles. The summed E-state index contributed by atoms with van der Waals surface area (Å²) in [6, 6.07) is 4.79. The summed E-state index contributed by atoms with van der Waals surface area (Å²) in [5.41, 5.74) is 2.59. The van der Waals surface area contributed by atoms with E-state index in [1.54, 1.807) is 0 Å². The molecule has 0 spiro atoms. The molecule has 2 heteroatoms. The van der Waals surface area contributed by atoms with Gasteiger partial charge in [-0.2, -0.15) is 0 Å². The van der Waals surface area contributed by atoms with Crippen molar-refractivity contribution in [2.24, 2.45) is 5.92 Å². The normalized spacial score (nSPS) is 17.8. The van der Waals surface area contributed by atoms with Crippen LogP contribution >= 0.6 is 0 Å². The van der Waals surface area contributed by atoms with Gasteiger partial charge in [-0.3, -0.25) is 4.98 Å². The number of nitrogens with zero attached hydrogens (tertiary/aromatic N) is 1. The smallest absolute Gasteiger partial charge is 0.0448 e. The molecule has 0 saturated heterocycles. The first-order valence-electron chi connectivity index (χ1n) is 7.93. The third-order valence-corrected chi connectivity index (χ3v) is 4.45. The summed E-state index contributed by atoms with van der Waals surface area (Å²) in [6.45, 7) is 5.43. The Bertz CT molecular complexity index is 369. The molecule has 0 radical (unpaired) electrons. The summed E-state index contributed by atoms with van der Waals surface area (Å²) in [5, 5.41) is 3.64. The molecule has 0 amide bonds. The second-order valence-corrected chi connectivity index (χ2v) is 5.95. The third-order valence-electron chi connectivity index (χ3n) is 4.45. The number of likely N-dealkylation sites (N-methyl/N-ethyl adjacent to an activating group) is 1. The van der Waals surface area contributed by atoms with Crippen molar-refractivity contribution >= 4 is 0 Å². The molecule has 0 bridgehead atoms. The fourth-order valence-electron chi connectivity index (χ4n) is 3.27. The van der Waals surface area contributed by atoms with Crippen molar-refractivity contribution in [1.29, 1.82) is 0 Å². The Balaban J connectivity index is 1.86. The van der Waals surface area contributed by atoms with E-state index in [-0.39, 0.29) is 0 Å². The Hall–Kier alpha value is -0.890. The summed E-state index contributed by atoms with van der Waals surface area (Å²) >= 11 is 0. The van der Waals surface area contributed by atoms with Crippen molar-refractivity contribution in [2.45, 2.75) is 64.8 Å². The van der Waals surface area contributed by atoms with Crippen LogP contribution < -0.4 is 5.32 Å². The van der Waals surface area contributed by atoms with E-state index < -0.39 is 0 Å². The molecule has 1 aromatic rings. The second-order valence-electron chi connectivity index (χ2n) is 5.95. The van der Waals surface area contributed by atoms with E-state index in [2.05, 4.69) is 30.2 Å². The van der Waals surface area contributed by atoms with Crippen molar-refractivity contribution in [3.05, 3.63) is 29.6 Å². The van der Waals surface area contributed by atoms with E-state index in [1.165, 1.54) is 49.8 Å². The Morgan fingerprint density at radius 2 is 2.16 bits per heavy atom. The van der Waals surface area contributed by atoms with E-state index in [4.69, 9.17) is 0 Å². The van der Waals surface area contributed by atoms with Gasteiger partial charge in [-0.05, 0) is 43.9 Å². The molecular formula is C17H28N2. The molecule has 1 aliphatic rings. The zero-order valence-electron chi connectivity index (χ0n) is 12.5. The number of pyridine rings is 1. The molecule has 106 valence electrons. The van der Waals surface area contributed by atoms with Gasteiger partial charge in [0.15, 0.2) is 0 Å². The van der Waals surface area contributed by atoms with Crippen LogP contribution in [0.4, 0.5) is 0 Å². The Morgan fingerprint density at radius 1 is 1.37 bits per heavy atom. The topological polar surface area (TPSA) is 24.9 Å². The lowest BCUT2D eigenvalue weighted by molar-refractivity contribution is 0.405. The minimum Gasteiger partial charge on any atom is -0.314 e. The first kappa shape index (κ1) is 14.5. The highest BCUT2D eigenvalue weighted by molar-refractivity contribution is 5.18. The summed E-state index contributed by atoms with van der Waals surface area (Å²) in [5.74, 6) is 0.992. The van der Waals surface area contributed by atoms with E-state index >= 15 is 0 Å². The second kappa shape index (κ2) is 7.64. The monoisotopic (exact) mass is 260 g/mol. The summed E-state index contributed by atoms with van der Waals surface area (Å²) in [4.78, 5) is 4.54. The SMILES string of the molecule is CCNC(CCC1CCCC1)Cc1ncccc1C. The lowest BCUT2D eigenvalue weighted by Gasteiger charge is -2.20. The predicted molar refractivity (Wildman–Crippen MR) is 81.3 cm³/mol. The van der Waals surface area contributed by atoms with Crippen LogP contribution in [0.1, 0.15) is 56.7 Å². The van der Waals surface area contributed by atoms with E-state index in [1.807, 2.05) is 12.3 Å². The van der Waals surface area contributed by atoms with Crippen molar-refractivity contribution < 1.29 is 0 Å². The minimum absolute atomic E-state index is 0.596. The van der Waals surface area contributed by atoms with Crippen LogP contribution in [0.3, 0.4) is 0 Å². The third kappa shape index (κ3) is 4.61. The van der Waals surface area contributed by atoms with Crippen LogP contribution in [-0.2, 0) is 6.42 Å². The van der Waals surface area contributed by atoms with Crippen LogP contribution in [0, 0.1) is 12.8 Å². The number of hydrogen-bond donors (Lipinski definition) is 1. The lowest BCUT2D eigenvalue weighted by Crippen LogP contribution is -2.32. The van der Waals surface area contributed by atoms with Gasteiger partial charge in [0.25, 0.3) is 0 Å². The number of rotatable bonds is 7. The number of aryl methyl sites for hydroxylation is 1. The maximum absolute atomic E-state index is 4.54. The van der Waals surface area contributed by atoms with E-state index in [0.29, 0.717) is 6.04 Å². The van der Waals surface area contributed by atoms with Crippen LogP contribution in [0.25, 0.3) is 0 Å². The summed E-state index contributed by atoms with van der Waals surface area (Å²) in [6.07, 6.45) is 11.5. The zero-order chi connectivity index (χ0) is 13.5. The van der Waals surface area contributed by atoms with E-state index in [9.17, 15) is 0 Å². The molecule has 1 heterocycles. The molecule has 0 aromatic carbocycles. The fraction of sp³-hybridized carbons (Fsp3) is 0.706. The molecule has 1 saturated carbocycles. The Kier molecular flexibility index (Phi) is 5.84. The molecule has 1 atom stereocenters. The molecule has 1 aromatic heterocycles. The van der Waals surface area contributed by atoms with Gasteiger partial charge in [-0.25, -0.2) is 0 Å². The standard InChI is InChI=1S/C17H28N2/c1-3-18-16(11-10-15-8-4-5-9-15)13-17-14(2)7-6-12-19-17/h6-7,12,15-16,18H,3-5,8-11,13H2,1-2H3. The molecule has 19 heavy (non-hydrogen) atoms. The molecular weight excluding hydrogens is 232 g/mol. The number of hydrogen-bond acceptors (Lipinski definition) is 2. The highest BCUT2D eigenvalue weighted by atomic mass is 14.9. The lowest BCUT2D eigenvalue weighted by atomic mass is 9.95. The van der Waals surface area contributed by atoms with Crippen LogP contribution in [0.15, 0.2) is 18.3 Å². The van der Waals surface area contributed by atoms with Gasteiger partial charge in [0.1, 0.15) is 0 Å². The van der Waals surface area contributed by atoms with Crippen LogP contribution in [0.2, 0.25) is 0 Å². The summed E-state index contributed by atoms with van der Waals surface area (Å²) < 4.78 is 0. The van der Waals surface area contributed by atoms with Gasteiger partial charge in [-0.15, -0.1) is 0 Å². The highest BCUT2D eigenvalue weighted by Gasteiger charge is 2.18. The van der Waals surface area contributed by atoms with Gasteiger partial charge in [0, 0.05) is 24.4 Å². The first-order chi connectivity index (χ1) is 9.29. The van der Waals surface area contributed by atoms with Crippen LogP contribution in [0.5, 0.6) is 0 Å². The van der Waals surface area contributed by atoms with Gasteiger partial charge in [0.05, 0.1) is 0 Å². The van der Waals surface area contributed by atoms with Gasteiger partial charge >= 0.3 is 0 Å². The Morgan fingerprint density at radius 3 is 2.84 bits per heavy atom. The first-order valence-corrected chi connectivity index (χ1v) is 7.93. The molecule has 0 aliphatic heterocycles. The fourth-order valence-corrected chi connectivity index (χ4v) is 3.27. The number of nitrogens with one attached hydrogen (secondary N) is 1. The number of aromatic nitrogens is 1. The van der Waals surface area contributed by atoms with Gasteiger partial charge < -0.3 is 5.32 Å². The molecule has 1 unspecified atom stereocenters. The van der Waals surface area contributed by atoms with Gasteiger partial charge in [0.2, 0.25) is 0 Å². The van der Waals surface area contributed by atoms with Gasteiger partial charge in [-0.1, -0.05) is 38.7 Å². The zero-order valence-corrected chi connectivity index (χ0v) is 12.5. The molecule has 2 nitrogen and oxygen atoms in total. The van der Waals surface area contributed by atoms with Crippen molar-refractivity contribution in [2.75, 3.05) is 6.54 Å². The quantitative estimate of drug-likeness (QED) is 0.804. The van der Waals surface area contributed by atoms with E-state index in [0.717, 1.165) is 18.9 Å². The van der Waals surface area contributed by atoms with Crippen molar-refractivity contribution in [3.63, 3.8) is 0 Å². The average molecular weight is 260 g/mol. The highest BCUT2D eigenvalue weighted by Crippen LogP contribution is 2.29.